The Labute approximate surface area is 82.2 Å². The number of benzene rings is 1. The fraction of sp³-hybridized carbons (Fsp3) is 0.125. The van der Waals surface area contributed by atoms with E-state index in [1.54, 1.807) is 0 Å². The topological polar surface area (TPSA) is 26.3 Å². The van der Waals surface area contributed by atoms with Crippen LogP contribution >= 0.6 is 11.6 Å². The zero-order valence-electron chi connectivity index (χ0n) is 6.64. The minimum Gasteiger partial charge on any atom is -0.434 e. The summed E-state index contributed by atoms with van der Waals surface area (Å²) in [5.74, 6) is -1.57. The number of hydrogen-bond acceptors (Lipinski definition) is 2. The Morgan fingerprint density at radius 2 is 2.07 bits per heavy atom. The predicted octanol–water partition coefficient (Wildman–Crippen LogP) is 2.81. The SMILES string of the molecule is O=C(Cl)c1c(F)cccc1OC(F)F. The van der Waals surface area contributed by atoms with Gasteiger partial charge < -0.3 is 4.74 Å². The third kappa shape index (κ3) is 2.38. The molecule has 2 nitrogen and oxygen atoms in total. The van der Waals surface area contributed by atoms with Crippen LogP contribution in [0.5, 0.6) is 5.75 Å². The second-order valence-electron chi connectivity index (χ2n) is 2.27. The maximum atomic E-state index is 12.9. The Balaban J connectivity index is 3.14. The van der Waals surface area contributed by atoms with Crippen LogP contribution in [0.25, 0.3) is 0 Å². The molecule has 0 radical (unpaired) electrons. The Bertz CT molecular complexity index is 354. The largest absolute Gasteiger partial charge is 0.434 e. The number of alkyl halides is 2. The van der Waals surface area contributed by atoms with Crippen molar-refractivity contribution in [3.05, 3.63) is 29.6 Å². The van der Waals surface area contributed by atoms with Crippen molar-refractivity contribution in [2.45, 2.75) is 6.61 Å². The van der Waals surface area contributed by atoms with E-state index in [1.807, 2.05) is 0 Å². The van der Waals surface area contributed by atoms with E-state index in [4.69, 9.17) is 11.6 Å². The van der Waals surface area contributed by atoms with E-state index in [1.165, 1.54) is 0 Å². The van der Waals surface area contributed by atoms with Gasteiger partial charge >= 0.3 is 6.61 Å². The molecule has 0 aliphatic rings. The van der Waals surface area contributed by atoms with Crippen LogP contribution in [0.3, 0.4) is 0 Å². The number of rotatable bonds is 3. The molecule has 76 valence electrons. The fourth-order valence-corrected chi connectivity index (χ4v) is 1.07. The van der Waals surface area contributed by atoms with Crippen molar-refractivity contribution in [3.63, 3.8) is 0 Å². The van der Waals surface area contributed by atoms with Crippen LogP contribution in [0.2, 0.25) is 0 Å². The van der Waals surface area contributed by atoms with Gasteiger partial charge in [-0.25, -0.2) is 4.39 Å². The third-order valence-electron chi connectivity index (χ3n) is 1.39. The number of carbonyl (C=O) groups is 1. The summed E-state index contributed by atoms with van der Waals surface area (Å²) in [6.07, 6.45) is 0. The highest BCUT2D eigenvalue weighted by Gasteiger charge is 2.18. The third-order valence-corrected chi connectivity index (χ3v) is 1.58. The molecule has 1 aromatic carbocycles. The zero-order chi connectivity index (χ0) is 10.7. The molecule has 0 aliphatic heterocycles. The Morgan fingerprint density at radius 1 is 1.43 bits per heavy atom. The van der Waals surface area contributed by atoms with Gasteiger partial charge in [0.25, 0.3) is 5.24 Å². The molecule has 0 saturated carbocycles. The molecule has 1 aromatic rings. The summed E-state index contributed by atoms with van der Waals surface area (Å²) in [6.45, 7) is -3.13. The Hall–Kier alpha value is -1.23. The molecule has 0 aliphatic carbocycles. The highest BCUT2D eigenvalue weighted by atomic mass is 35.5. The first-order valence-corrected chi connectivity index (χ1v) is 3.83. The van der Waals surface area contributed by atoms with Gasteiger partial charge in [-0.1, -0.05) is 6.07 Å². The summed E-state index contributed by atoms with van der Waals surface area (Å²) in [5, 5.41) is -1.18. The lowest BCUT2D eigenvalue weighted by Crippen LogP contribution is -2.07. The van der Waals surface area contributed by atoms with E-state index in [-0.39, 0.29) is 0 Å². The molecule has 6 heteroatoms. The minimum atomic E-state index is -3.13. The van der Waals surface area contributed by atoms with Gasteiger partial charge in [-0.2, -0.15) is 8.78 Å². The average Bonchev–Trinajstić information content (AvgIpc) is 2.01. The monoisotopic (exact) mass is 224 g/mol. The van der Waals surface area contributed by atoms with Gasteiger partial charge in [-0.15, -0.1) is 0 Å². The summed E-state index contributed by atoms with van der Waals surface area (Å²) in [4.78, 5) is 10.7. The standard InChI is InChI=1S/C8H4ClF3O2/c9-7(13)6-4(10)2-1-3-5(6)14-8(11)12/h1-3,8H. The van der Waals surface area contributed by atoms with Crippen LogP contribution in [-0.2, 0) is 0 Å². The van der Waals surface area contributed by atoms with E-state index in [2.05, 4.69) is 4.74 Å². The summed E-state index contributed by atoms with van der Waals surface area (Å²) in [6, 6.07) is 3.09. The maximum Gasteiger partial charge on any atom is 0.387 e. The summed E-state index contributed by atoms with van der Waals surface area (Å²) in [5.41, 5.74) is -0.686. The second-order valence-corrected chi connectivity index (χ2v) is 2.61. The van der Waals surface area contributed by atoms with Crippen molar-refractivity contribution < 1.29 is 22.7 Å². The highest BCUT2D eigenvalue weighted by Crippen LogP contribution is 2.24. The molecular weight excluding hydrogens is 221 g/mol. The molecule has 14 heavy (non-hydrogen) atoms. The average molecular weight is 225 g/mol. The summed E-state index contributed by atoms with van der Waals surface area (Å²) in [7, 11) is 0. The van der Waals surface area contributed by atoms with Crippen molar-refractivity contribution in [3.8, 4) is 5.75 Å². The molecule has 0 atom stereocenters. The van der Waals surface area contributed by atoms with E-state index in [0.29, 0.717) is 0 Å². The molecule has 0 N–H and O–H groups in total. The van der Waals surface area contributed by atoms with Crippen LogP contribution in [-0.4, -0.2) is 11.9 Å². The van der Waals surface area contributed by atoms with Crippen LogP contribution in [0.4, 0.5) is 13.2 Å². The first-order chi connectivity index (χ1) is 6.52. The Kier molecular flexibility index (Phi) is 3.35. The lowest BCUT2D eigenvalue weighted by molar-refractivity contribution is -0.0502. The molecule has 0 bridgehead atoms. The lowest BCUT2D eigenvalue weighted by atomic mass is 10.2. The molecule has 0 fully saturated rings. The number of carbonyl (C=O) groups excluding carboxylic acids is 1. The van der Waals surface area contributed by atoms with Crippen LogP contribution < -0.4 is 4.74 Å². The number of ether oxygens (including phenoxy) is 1. The van der Waals surface area contributed by atoms with Crippen molar-refractivity contribution in [1.82, 2.24) is 0 Å². The van der Waals surface area contributed by atoms with Crippen LogP contribution in [0.15, 0.2) is 18.2 Å². The highest BCUT2D eigenvalue weighted by molar-refractivity contribution is 6.68. The van der Waals surface area contributed by atoms with Gasteiger partial charge in [0.2, 0.25) is 0 Å². The smallest absolute Gasteiger partial charge is 0.387 e. The lowest BCUT2D eigenvalue weighted by Gasteiger charge is -2.07. The van der Waals surface area contributed by atoms with Gasteiger partial charge in [0.1, 0.15) is 17.1 Å². The molecule has 0 saturated heterocycles. The zero-order valence-corrected chi connectivity index (χ0v) is 7.39. The first-order valence-electron chi connectivity index (χ1n) is 3.45. The van der Waals surface area contributed by atoms with Crippen molar-refractivity contribution in [1.29, 1.82) is 0 Å². The van der Waals surface area contributed by atoms with Gasteiger partial charge in [-0.3, -0.25) is 4.79 Å². The molecule has 0 aromatic heterocycles. The van der Waals surface area contributed by atoms with Crippen molar-refractivity contribution >= 4 is 16.8 Å². The van der Waals surface area contributed by atoms with E-state index >= 15 is 0 Å². The predicted molar refractivity (Wildman–Crippen MR) is 43.2 cm³/mol. The summed E-state index contributed by atoms with van der Waals surface area (Å²) < 4.78 is 40.4. The molecule has 0 amide bonds. The molecule has 0 spiro atoms. The molecule has 0 heterocycles. The van der Waals surface area contributed by atoms with Gasteiger partial charge in [0.15, 0.2) is 0 Å². The van der Waals surface area contributed by atoms with Gasteiger partial charge in [-0.05, 0) is 23.7 Å². The van der Waals surface area contributed by atoms with E-state index in [9.17, 15) is 18.0 Å². The van der Waals surface area contributed by atoms with Crippen molar-refractivity contribution in [2.24, 2.45) is 0 Å². The normalized spacial score (nSPS) is 10.4. The quantitative estimate of drug-likeness (QED) is 0.738. The Morgan fingerprint density at radius 3 is 2.57 bits per heavy atom. The van der Waals surface area contributed by atoms with E-state index < -0.39 is 29.0 Å². The molecular formula is C8H4ClF3O2. The van der Waals surface area contributed by atoms with Gasteiger partial charge in [0.05, 0.1) is 0 Å². The maximum absolute atomic E-state index is 12.9. The van der Waals surface area contributed by atoms with Gasteiger partial charge in [0, 0.05) is 0 Å². The van der Waals surface area contributed by atoms with Crippen LogP contribution in [0.1, 0.15) is 10.4 Å². The molecule has 1 rings (SSSR count). The fourth-order valence-electron chi connectivity index (χ4n) is 0.889. The minimum absolute atomic E-state index is 0.569. The van der Waals surface area contributed by atoms with Crippen LogP contribution in [0, 0.1) is 5.82 Å². The molecule has 0 unspecified atom stereocenters. The summed E-state index contributed by atoms with van der Waals surface area (Å²) >= 11 is 4.99. The number of hydrogen-bond donors (Lipinski definition) is 0. The van der Waals surface area contributed by atoms with Crippen molar-refractivity contribution in [2.75, 3.05) is 0 Å². The first kappa shape index (κ1) is 10.8. The second kappa shape index (κ2) is 4.32. The number of halogens is 4. The van der Waals surface area contributed by atoms with E-state index in [0.717, 1.165) is 18.2 Å².